The normalized spacial score (nSPS) is 15.3. The molecule has 1 saturated heterocycles. The summed E-state index contributed by atoms with van der Waals surface area (Å²) in [6.07, 6.45) is 0. The van der Waals surface area contributed by atoms with Crippen molar-refractivity contribution >= 4 is 17.3 Å². The van der Waals surface area contributed by atoms with E-state index in [1.54, 1.807) is 9.80 Å². The molecule has 7 nitrogen and oxygen atoms in total. The Labute approximate surface area is 133 Å². The summed E-state index contributed by atoms with van der Waals surface area (Å²) in [4.78, 5) is 26.1. The summed E-state index contributed by atoms with van der Waals surface area (Å²) in [5, 5.41) is 11.2. The number of ether oxygens (including phenoxy) is 1. The van der Waals surface area contributed by atoms with Crippen molar-refractivity contribution in [3.8, 4) is 5.75 Å². The summed E-state index contributed by atoms with van der Waals surface area (Å²) in [5.74, 6) is -0.622. The van der Waals surface area contributed by atoms with E-state index in [2.05, 4.69) is 0 Å². The SMILES string of the molecule is COc1cc(N2CCN(CC(C)C)C(=O)C2)c([N+](=O)[O-])cc1F. The lowest BCUT2D eigenvalue weighted by atomic mass is 10.1. The van der Waals surface area contributed by atoms with Crippen LogP contribution in [0.1, 0.15) is 13.8 Å². The standard InChI is InChI=1S/C15H20FN3O4/c1-10(2)8-18-5-4-17(9-15(18)20)12-7-14(23-3)11(16)6-13(12)19(21)22/h6-7,10H,4-5,8-9H2,1-3H3. The van der Waals surface area contributed by atoms with Crippen LogP contribution in [0.4, 0.5) is 15.8 Å². The number of anilines is 1. The van der Waals surface area contributed by atoms with Gasteiger partial charge in [-0.2, -0.15) is 0 Å². The van der Waals surface area contributed by atoms with Gasteiger partial charge in [-0.1, -0.05) is 13.8 Å². The number of nitro groups is 1. The van der Waals surface area contributed by atoms with Crippen LogP contribution in [-0.2, 0) is 4.79 Å². The van der Waals surface area contributed by atoms with Gasteiger partial charge in [-0.25, -0.2) is 4.39 Å². The molecule has 0 N–H and O–H groups in total. The number of hydrogen-bond acceptors (Lipinski definition) is 5. The van der Waals surface area contributed by atoms with Gasteiger partial charge in [-0.05, 0) is 5.92 Å². The van der Waals surface area contributed by atoms with Gasteiger partial charge in [0.2, 0.25) is 5.91 Å². The first-order chi connectivity index (χ1) is 10.8. The zero-order valence-electron chi connectivity index (χ0n) is 13.4. The van der Waals surface area contributed by atoms with E-state index in [4.69, 9.17) is 4.74 Å². The van der Waals surface area contributed by atoms with Gasteiger partial charge < -0.3 is 14.5 Å². The molecule has 0 bridgehead atoms. The molecule has 126 valence electrons. The van der Waals surface area contributed by atoms with Gasteiger partial charge in [0.25, 0.3) is 5.69 Å². The van der Waals surface area contributed by atoms with E-state index in [9.17, 15) is 19.3 Å². The topological polar surface area (TPSA) is 75.9 Å². The van der Waals surface area contributed by atoms with E-state index in [1.807, 2.05) is 13.8 Å². The Bertz CT molecular complexity index is 621. The van der Waals surface area contributed by atoms with Crippen molar-refractivity contribution in [2.45, 2.75) is 13.8 Å². The third kappa shape index (κ3) is 3.69. The largest absolute Gasteiger partial charge is 0.494 e. The van der Waals surface area contributed by atoms with Gasteiger partial charge in [-0.15, -0.1) is 0 Å². The molecule has 1 aliphatic heterocycles. The Morgan fingerprint density at radius 1 is 1.39 bits per heavy atom. The first-order valence-corrected chi connectivity index (χ1v) is 7.38. The molecular weight excluding hydrogens is 305 g/mol. The van der Waals surface area contributed by atoms with Crippen molar-refractivity contribution in [3.05, 3.63) is 28.1 Å². The summed E-state index contributed by atoms with van der Waals surface area (Å²) in [6, 6.07) is 2.11. The Morgan fingerprint density at radius 2 is 2.09 bits per heavy atom. The third-order valence-corrected chi connectivity index (χ3v) is 3.69. The fourth-order valence-electron chi connectivity index (χ4n) is 2.64. The monoisotopic (exact) mass is 325 g/mol. The number of hydrogen-bond donors (Lipinski definition) is 0. The number of rotatable bonds is 5. The van der Waals surface area contributed by atoms with Crippen molar-refractivity contribution in [1.29, 1.82) is 0 Å². The van der Waals surface area contributed by atoms with Gasteiger partial charge in [-0.3, -0.25) is 14.9 Å². The number of methoxy groups -OCH3 is 1. The van der Waals surface area contributed by atoms with Crippen LogP contribution in [0.15, 0.2) is 12.1 Å². The molecule has 2 rings (SSSR count). The second-order valence-corrected chi connectivity index (χ2v) is 5.89. The van der Waals surface area contributed by atoms with Crippen LogP contribution in [0.5, 0.6) is 5.75 Å². The number of halogens is 1. The predicted molar refractivity (Wildman–Crippen MR) is 83.2 cm³/mol. The second-order valence-electron chi connectivity index (χ2n) is 5.89. The minimum absolute atomic E-state index is 0.0301. The molecule has 0 radical (unpaired) electrons. The van der Waals surface area contributed by atoms with E-state index in [1.165, 1.54) is 13.2 Å². The number of nitrogens with zero attached hydrogens (tertiary/aromatic N) is 3. The van der Waals surface area contributed by atoms with Crippen molar-refractivity contribution in [1.82, 2.24) is 4.90 Å². The maximum absolute atomic E-state index is 13.7. The highest BCUT2D eigenvalue weighted by Gasteiger charge is 2.30. The van der Waals surface area contributed by atoms with Crippen LogP contribution in [0.2, 0.25) is 0 Å². The molecule has 1 heterocycles. The van der Waals surface area contributed by atoms with Crippen LogP contribution in [0.3, 0.4) is 0 Å². The van der Waals surface area contributed by atoms with Crippen LogP contribution in [-0.4, -0.2) is 49.0 Å². The number of carbonyl (C=O) groups is 1. The molecule has 1 aliphatic rings. The smallest absolute Gasteiger partial charge is 0.295 e. The first-order valence-electron chi connectivity index (χ1n) is 7.38. The predicted octanol–water partition coefficient (Wildman–Crippen LogP) is 2.05. The maximum Gasteiger partial charge on any atom is 0.295 e. The van der Waals surface area contributed by atoms with E-state index in [0.29, 0.717) is 25.6 Å². The molecule has 23 heavy (non-hydrogen) atoms. The van der Waals surface area contributed by atoms with E-state index >= 15 is 0 Å². The highest BCUT2D eigenvalue weighted by Crippen LogP contribution is 2.35. The number of carbonyl (C=O) groups excluding carboxylic acids is 1. The van der Waals surface area contributed by atoms with Gasteiger partial charge in [0, 0.05) is 25.7 Å². The summed E-state index contributed by atoms with van der Waals surface area (Å²) in [6.45, 7) is 5.66. The molecule has 0 unspecified atom stereocenters. The van der Waals surface area contributed by atoms with Crippen LogP contribution < -0.4 is 9.64 Å². The summed E-state index contributed by atoms with van der Waals surface area (Å²) in [7, 11) is 1.29. The van der Waals surface area contributed by atoms with E-state index in [-0.39, 0.29) is 29.6 Å². The number of benzene rings is 1. The molecule has 1 fully saturated rings. The Kier molecular flexibility index (Phi) is 5.02. The van der Waals surface area contributed by atoms with Crippen molar-refractivity contribution in [3.63, 3.8) is 0 Å². The van der Waals surface area contributed by atoms with Gasteiger partial charge in [0.05, 0.1) is 24.6 Å². The minimum Gasteiger partial charge on any atom is -0.494 e. The zero-order chi connectivity index (χ0) is 17.1. The van der Waals surface area contributed by atoms with Crippen LogP contribution in [0, 0.1) is 21.8 Å². The summed E-state index contributed by atoms with van der Waals surface area (Å²) in [5.41, 5.74) is -0.167. The van der Waals surface area contributed by atoms with Crippen molar-refractivity contribution in [2.75, 3.05) is 38.2 Å². The van der Waals surface area contributed by atoms with Crippen molar-refractivity contribution in [2.24, 2.45) is 5.92 Å². The molecule has 0 aromatic heterocycles. The molecule has 1 aromatic rings. The highest BCUT2D eigenvalue weighted by molar-refractivity contribution is 5.84. The molecular formula is C15H20FN3O4. The third-order valence-electron chi connectivity index (χ3n) is 3.69. The van der Waals surface area contributed by atoms with Crippen LogP contribution >= 0.6 is 0 Å². The Hall–Kier alpha value is -2.38. The molecule has 0 atom stereocenters. The van der Waals surface area contributed by atoms with E-state index < -0.39 is 10.7 Å². The van der Waals surface area contributed by atoms with Gasteiger partial charge in [0.1, 0.15) is 5.69 Å². The lowest BCUT2D eigenvalue weighted by Gasteiger charge is -2.36. The van der Waals surface area contributed by atoms with Gasteiger partial charge >= 0.3 is 0 Å². The lowest BCUT2D eigenvalue weighted by molar-refractivity contribution is -0.384. The summed E-state index contributed by atoms with van der Waals surface area (Å²) >= 11 is 0. The van der Waals surface area contributed by atoms with Crippen molar-refractivity contribution < 1.29 is 18.8 Å². The molecule has 0 saturated carbocycles. The van der Waals surface area contributed by atoms with Gasteiger partial charge in [0.15, 0.2) is 11.6 Å². The molecule has 8 heteroatoms. The van der Waals surface area contributed by atoms with Crippen LogP contribution in [0.25, 0.3) is 0 Å². The van der Waals surface area contributed by atoms with E-state index in [0.717, 1.165) is 6.07 Å². The highest BCUT2D eigenvalue weighted by atomic mass is 19.1. The fourth-order valence-corrected chi connectivity index (χ4v) is 2.64. The average Bonchev–Trinajstić information content (AvgIpc) is 2.48. The lowest BCUT2D eigenvalue weighted by Crippen LogP contribution is -2.51. The minimum atomic E-state index is -0.798. The zero-order valence-corrected chi connectivity index (χ0v) is 13.4. The molecule has 1 amide bonds. The molecule has 0 spiro atoms. The fraction of sp³-hybridized carbons (Fsp3) is 0.533. The average molecular weight is 325 g/mol. The first kappa shape index (κ1) is 17.0. The Balaban J connectivity index is 2.28. The Morgan fingerprint density at radius 3 is 2.61 bits per heavy atom. The molecule has 0 aliphatic carbocycles. The summed E-state index contributed by atoms with van der Waals surface area (Å²) < 4.78 is 18.6. The molecule has 1 aromatic carbocycles. The second kappa shape index (κ2) is 6.80. The number of piperazine rings is 1. The quantitative estimate of drug-likeness (QED) is 0.612. The number of amides is 1. The number of nitro benzene ring substituents is 1. The maximum atomic E-state index is 13.7.